The van der Waals surface area contributed by atoms with Gasteiger partial charge >= 0.3 is 0 Å². The first-order valence-corrected chi connectivity index (χ1v) is 16.2. The first-order valence-electron chi connectivity index (χ1n) is 14.4. The van der Waals surface area contributed by atoms with Crippen LogP contribution in [0.15, 0.2) is 23.4 Å². The predicted octanol–water partition coefficient (Wildman–Crippen LogP) is 7.32. The Balaban J connectivity index is 1.48. The third kappa shape index (κ3) is 7.50. The van der Waals surface area contributed by atoms with Crippen LogP contribution < -0.4 is 5.32 Å². The van der Waals surface area contributed by atoms with Gasteiger partial charge in [0.1, 0.15) is 0 Å². The topological polar surface area (TPSA) is 80.1 Å². The van der Waals surface area contributed by atoms with Crippen LogP contribution in [0.1, 0.15) is 107 Å². The second-order valence-electron chi connectivity index (χ2n) is 11.1. The van der Waals surface area contributed by atoms with Gasteiger partial charge in [0.05, 0.1) is 21.8 Å². The van der Waals surface area contributed by atoms with Crippen LogP contribution in [0.5, 0.6) is 0 Å². The summed E-state index contributed by atoms with van der Waals surface area (Å²) in [6, 6.07) is 5.23. The monoisotopic (exact) mass is 593 g/mol. The average Bonchev–Trinajstić information content (AvgIpc) is 3.35. The van der Waals surface area contributed by atoms with Gasteiger partial charge in [-0.25, -0.2) is 0 Å². The fourth-order valence-electron chi connectivity index (χ4n) is 5.95. The maximum Gasteiger partial charge on any atom is 0.251 e. The van der Waals surface area contributed by atoms with Crippen molar-refractivity contribution in [2.75, 3.05) is 5.75 Å². The molecule has 2 aromatic rings. The van der Waals surface area contributed by atoms with E-state index in [-0.39, 0.29) is 23.8 Å². The number of nitrogens with zero attached hydrogens (tertiary/aromatic N) is 4. The van der Waals surface area contributed by atoms with Gasteiger partial charge in [0, 0.05) is 24.2 Å². The molecule has 10 heteroatoms. The van der Waals surface area contributed by atoms with Gasteiger partial charge in [-0.2, -0.15) is 0 Å². The SMILES string of the molecule is CCn1c(SCC(=O)N(C2CCCCC2)C2CCCCC2)nnc1[C@@H](NC(=O)c1ccc(Cl)c(Cl)c1)C(C)C. The summed E-state index contributed by atoms with van der Waals surface area (Å²) in [5.41, 5.74) is 0.434. The van der Waals surface area contributed by atoms with E-state index in [2.05, 4.69) is 20.4 Å². The van der Waals surface area contributed by atoms with E-state index in [0.29, 0.717) is 51.0 Å². The molecular weight excluding hydrogens is 553 g/mol. The Labute approximate surface area is 246 Å². The predicted molar refractivity (Wildman–Crippen MR) is 159 cm³/mol. The number of thioether (sulfide) groups is 1. The normalized spacial score (nSPS) is 17.8. The first kappa shape index (κ1) is 30.2. The molecule has 2 aliphatic rings. The Hall–Kier alpha value is -1.77. The molecule has 2 aliphatic carbocycles. The molecule has 0 aliphatic heterocycles. The zero-order chi connectivity index (χ0) is 27.9. The van der Waals surface area contributed by atoms with E-state index in [1.807, 2.05) is 25.3 Å². The van der Waals surface area contributed by atoms with E-state index in [1.165, 1.54) is 50.3 Å². The highest BCUT2D eigenvalue weighted by Crippen LogP contribution is 2.32. The van der Waals surface area contributed by atoms with Crippen LogP contribution in [-0.4, -0.2) is 49.3 Å². The largest absolute Gasteiger partial charge is 0.342 e. The summed E-state index contributed by atoms with van der Waals surface area (Å²) in [4.78, 5) is 29.0. The van der Waals surface area contributed by atoms with Crippen LogP contribution in [0.25, 0.3) is 0 Å². The summed E-state index contributed by atoms with van der Waals surface area (Å²) in [5, 5.41) is 13.5. The van der Waals surface area contributed by atoms with Gasteiger partial charge in [0.2, 0.25) is 5.91 Å². The van der Waals surface area contributed by atoms with E-state index in [4.69, 9.17) is 23.2 Å². The lowest BCUT2D eigenvalue weighted by Gasteiger charge is -2.41. The van der Waals surface area contributed by atoms with Gasteiger partial charge in [-0.3, -0.25) is 9.59 Å². The lowest BCUT2D eigenvalue weighted by molar-refractivity contribution is -0.135. The van der Waals surface area contributed by atoms with Crippen LogP contribution >= 0.6 is 35.0 Å². The summed E-state index contributed by atoms with van der Waals surface area (Å²) in [6.07, 6.45) is 11.9. The number of carbonyl (C=O) groups excluding carboxylic acids is 2. The molecule has 4 rings (SSSR count). The second kappa shape index (κ2) is 14.2. The van der Waals surface area contributed by atoms with Crippen LogP contribution in [-0.2, 0) is 11.3 Å². The summed E-state index contributed by atoms with van der Waals surface area (Å²) in [5.74, 6) is 1.08. The molecular formula is C29H41Cl2N5O2S. The molecule has 0 spiro atoms. The van der Waals surface area contributed by atoms with Gasteiger partial charge in [-0.1, -0.05) is 87.3 Å². The molecule has 214 valence electrons. The number of rotatable bonds is 10. The van der Waals surface area contributed by atoms with E-state index in [1.54, 1.807) is 18.2 Å². The Morgan fingerprint density at radius 1 is 1.00 bits per heavy atom. The third-order valence-corrected chi connectivity index (χ3v) is 9.71. The standard InChI is InChI=1S/C29H41Cl2N5O2S/c1-4-35-27(26(19(2)3)32-28(38)20-15-16-23(30)24(31)17-20)33-34-29(35)39-18-25(37)36(21-11-7-5-8-12-21)22-13-9-6-10-14-22/h15-17,19,21-22,26H,4-14,18H2,1-3H3,(H,32,38)/t26-/m0/s1. The lowest BCUT2D eigenvalue weighted by Crippen LogP contribution is -2.49. The first-order chi connectivity index (χ1) is 18.8. The Morgan fingerprint density at radius 3 is 2.15 bits per heavy atom. The van der Waals surface area contributed by atoms with E-state index < -0.39 is 0 Å². The molecule has 0 saturated heterocycles. The maximum atomic E-state index is 13.7. The van der Waals surface area contributed by atoms with Crippen molar-refractivity contribution in [2.45, 2.75) is 115 Å². The van der Waals surface area contributed by atoms with E-state index >= 15 is 0 Å². The average molecular weight is 595 g/mol. The smallest absolute Gasteiger partial charge is 0.251 e. The van der Waals surface area contributed by atoms with Gasteiger partial charge < -0.3 is 14.8 Å². The highest BCUT2D eigenvalue weighted by molar-refractivity contribution is 7.99. The van der Waals surface area contributed by atoms with Crippen molar-refractivity contribution < 1.29 is 9.59 Å². The van der Waals surface area contributed by atoms with Crippen molar-refractivity contribution in [3.63, 3.8) is 0 Å². The van der Waals surface area contributed by atoms with E-state index in [0.717, 1.165) is 25.7 Å². The Kier molecular flexibility index (Phi) is 11.0. The Morgan fingerprint density at radius 2 is 1.62 bits per heavy atom. The van der Waals surface area contributed by atoms with Gasteiger partial charge in [0.15, 0.2) is 11.0 Å². The molecule has 0 unspecified atom stereocenters. The summed E-state index contributed by atoms with van der Waals surface area (Å²) >= 11 is 13.6. The molecule has 39 heavy (non-hydrogen) atoms. The van der Waals surface area contributed by atoms with Gasteiger partial charge in [-0.15, -0.1) is 10.2 Å². The zero-order valence-electron chi connectivity index (χ0n) is 23.3. The number of hydrogen-bond acceptors (Lipinski definition) is 5. The fraction of sp³-hybridized carbons (Fsp3) is 0.655. The van der Waals surface area contributed by atoms with Crippen molar-refractivity contribution in [3.8, 4) is 0 Å². The molecule has 0 radical (unpaired) electrons. The molecule has 0 bridgehead atoms. The van der Waals surface area contributed by atoms with Crippen LogP contribution in [0, 0.1) is 5.92 Å². The number of aromatic nitrogens is 3. The lowest BCUT2D eigenvalue weighted by atomic mass is 9.88. The summed E-state index contributed by atoms with van der Waals surface area (Å²) in [7, 11) is 0. The van der Waals surface area contributed by atoms with Crippen molar-refractivity contribution >= 4 is 46.8 Å². The van der Waals surface area contributed by atoms with Gasteiger partial charge in [0.25, 0.3) is 5.91 Å². The molecule has 1 atom stereocenters. The minimum absolute atomic E-state index is 0.0683. The quantitative estimate of drug-likeness (QED) is 0.292. The number of nitrogens with one attached hydrogen (secondary N) is 1. The number of halogens is 2. The molecule has 2 fully saturated rings. The molecule has 7 nitrogen and oxygen atoms in total. The summed E-state index contributed by atoms with van der Waals surface area (Å²) in [6.45, 7) is 6.75. The minimum atomic E-state index is -0.356. The number of amides is 2. The number of benzene rings is 1. The third-order valence-electron chi connectivity index (χ3n) is 8.02. The van der Waals surface area contributed by atoms with Crippen molar-refractivity contribution in [1.82, 2.24) is 25.0 Å². The highest BCUT2D eigenvalue weighted by atomic mass is 35.5. The highest BCUT2D eigenvalue weighted by Gasteiger charge is 2.33. The molecule has 1 aromatic heterocycles. The molecule has 1 heterocycles. The second-order valence-corrected chi connectivity index (χ2v) is 12.8. The van der Waals surface area contributed by atoms with E-state index in [9.17, 15) is 9.59 Å². The minimum Gasteiger partial charge on any atom is -0.342 e. The van der Waals surface area contributed by atoms with Crippen molar-refractivity contribution in [1.29, 1.82) is 0 Å². The van der Waals surface area contributed by atoms with Gasteiger partial charge in [-0.05, 0) is 56.7 Å². The zero-order valence-corrected chi connectivity index (χ0v) is 25.6. The van der Waals surface area contributed by atoms with Crippen LogP contribution in [0.3, 0.4) is 0 Å². The fourth-order valence-corrected chi connectivity index (χ4v) is 7.13. The molecule has 2 amide bonds. The Bertz CT molecular complexity index is 1110. The van der Waals surface area contributed by atoms with Crippen LogP contribution in [0.2, 0.25) is 10.0 Å². The number of hydrogen-bond donors (Lipinski definition) is 1. The molecule has 1 N–H and O–H groups in total. The molecule has 2 saturated carbocycles. The summed E-state index contributed by atoms with van der Waals surface area (Å²) < 4.78 is 2.02. The maximum absolute atomic E-state index is 13.7. The van der Waals surface area contributed by atoms with Crippen molar-refractivity contribution in [2.24, 2.45) is 5.92 Å². The molecule has 1 aromatic carbocycles. The van der Waals surface area contributed by atoms with Crippen molar-refractivity contribution in [3.05, 3.63) is 39.6 Å². The number of carbonyl (C=O) groups is 2. The van der Waals surface area contributed by atoms with Crippen LogP contribution in [0.4, 0.5) is 0 Å².